The molecule has 0 aromatic carbocycles. The largest absolute Gasteiger partial charge is 0.772 e. The Hall–Kier alpha value is 0.0300. The Kier molecular flexibility index (Phi) is 4.75. The third-order valence-electron chi connectivity index (χ3n) is 2.01. The molecule has 0 aromatic heterocycles. The van der Waals surface area contributed by atoms with Crippen molar-refractivity contribution in [1.82, 2.24) is 10.2 Å². The van der Waals surface area contributed by atoms with Crippen molar-refractivity contribution in [2.45, 2.75) is 6.42 Å². The SMILES string of the molecule is O=S([O-])CCN1CCCNCC1. The fraction of sp³-hybridized carbons (Fsp3) is 1.00. The van der Waals surface area contributed by atoms with Crippen molar-refractivity contribution in [3.8, 4) is 0 Å². The van der Waals surface area contributed by atoms with E-state index < -0.39 is 11.1 Å². The van der Waals surface area contributed by atoms with Gasteiger partial charge >= 0.3 is 0 Å². The Morgan fingerprint density at radius 3 is 3.00 bits per heavy atom. The Labute approximate surface area is 75.6 Å². The monoisotopic (exact) mass is 191 g/mol. The molecule has 12 heavy (non-hydrogen) atoms. The van der Waals surface area contributed by atoms with Gasteiger partial charge in [-0.3, -0.25) is 4.21 Å². The fourth-order valence-corrected chi connectivity index (χ4v) is 1.74. The summed E-state index contributed by atoms with van der Waals surface area (Å²) < 4.78 is 20.6. The average molecular weight is 191 g/mol. The molecule has 0 radical (unpaired) electrons. The molecule has 1 N–H and O–H groups in total. The van der Waals surface area contributed by atoms with Crippen molar-refractivity contribution < 1.29 is 8.76 Å². The van der Waals surface area contributed by atoms with Crippen LogP contribution in [0.3, 0.4) is 0 Å². The summed E-state index contributed by atoms with van der Waals surface area (Å²) >= 11 is -1.88. The molecule has 1 aliphatic heterocycles. The Balaban J connectivity index is 2.16. The van der Waals surface area contributed by atoms with Crippen LogP contribution in [0.1, 0.15) is 6.42 Å². The van der Waals surface area contributed by atoms with E-state index in [-0.39, 0.29) is 5.75 Å². The molecule has 0 aromatic rings. The van der Waals surface area contributed by atoms with E-state index in [9.17, 15) is 8.76 Å². The molecule has 1 unspecified atom stereocenters. The van der Waals surface area contributed by atoms with E-state index in [1.165, 1.54) is 0 Å². The first-order valence-electron chi connectivity index (χ1n) is 4.28. The van der Waals surface area contributed by atoms with Crippen molar-refractivity contribution in [1.29, 1.82) is 0 Å². The van der Waals surface area contributed by atoms with Gasteiger partial charge in [-0.25, -0.2) is 0 Å². The maximum absolute atomic E-state index is 10.3. The third-order valence-corrected chi connectivity index (χ3v) is 2.52. The lowest BCUT2D eigenvalue weighted by Gasteiger charge is -2.19. The Bertz CT molecular complexity index is 146. The topological polar surface area (TPSA) is 55.4 Å². The zero-order valence-electron chi connectivity index (χ0n) is 7.12. The standard InChI is InChI=1S/C7H16N2O2S/c10-12(11)7-6-9-4-1-2-8-3-5-9/h8H,1-7H2,(H,10,11)/p-1. The molecule has 1 aliphatic rings. The summed E-state index contributed by atoms with van der Waals surface area (Å²) in [5.41, 5.74) is 0. The van der Waals surface area contributed by atoms with Gasteiger partial charge in [0.05, 0.1) is 0 Å². The number of nitrogens with one attached hydrogen (secondary N) is 1. The van der Waals surface area contributed by atoms with Gasteiger partial charge in [0.2, 0.25) is 0 Å². The number of hydrogen-bond donors (Lipinski definition) is 1. The lowest BCUT2D eigenvalue weighted by Crippen LogP contribution is -2.31. The van der Waals surface area contributed by atoms with E-state index >= 15 is 0 Å². The van der Waals surface area contributed by atoms with E-state index in [0.717, 1.165) is 32.6 Å². The van der Waals surface area contributed by atoms with Gasteiger partial charge in [-0.15, -0.1) is 0 Å². The van der Waals surface area contributed by atoms with Gasteiger partial charge in [0.15, 0.2) is 0 Å². The maximum atomic E-state index is 10.3. The highest BCUT2D eigenvalue weighted by atomic mass is 32.2. The number of hydrogen-bond acceptors (Lipinski definition) is 4. The summed E-state index contributed by atoms with van der Waals surface area (Å²) in [4.78, 5) is 2.19. The van der Waals surface area contributed by atoms with Crippen LogP contribution in [-0.2, 0) is 11.1 Å². The second-order valence-corrected chi connectivity index (χ2v) is 3.97. The molecule has 1 atom stereocenters. The van der Waals surface area contributed by atoms with Crippen LogP contribution in [0.2, 0.25) is 0 Å². The molecule has 4 nitrogen and oxygen atoms in total. The Morgan fingerprint density at radius 2 is 2.25 bits per heavy atom. The van der Waals surface area contributed by atoms with Crippen LogP contribution < -0.4 is 5.32 Å². The molecule has 1 saturated heterocycles. The second kappa shape index (κ2) is 5.64. The highest BCUT2D eigenvalue weighted by Gasteiger charge is 2.06. The van der Waals surface area contributed by atoms with Crippen LogP contribution in [0.15, 0.2) is 0 Å². The van der Waals surface area contributed by atoms with Crippen LogP contribution in [0.5, 0.6) is 0 Å². The fourth-order valence-electron chi connectivity index (χ4n) is 1.33. The van der Waals surface area contributed by atoms with Crippen molar-refractivity contribution in [3.05, 3.63) is 0 Å². The van der Waals surface area contributed by atoms with Crippen molar-refractivity contribution >= 4 is 11.1 Å². The molecule has 0 aliphatic carbocycles. The smallest absolute Gasteiger partial charge is 0.0229 e. The first-order chi connectivity index (χ1) is 5.79. The van der Waals surface area contributed by atoms with E-state index in [0.29, 0.717) is 6.54 Å². The highest BCUT2D eigenvalue weighted by molar-refractivity contribution is 7.79. The van der Waals surface area contributed by atoms with Crippen molar-refractivity contribution in [3.63, 3.8) is 0 Å². The summed E-state index contributed by atoms with van der Waals surface area (Å²) in [7, 11) is 0. The van der Waals surface area contributed by atoms with Gasteiger partial charge in [0, 0.05) is 25.4 Å². The first kappa shape index (κ1) is 10.1. The summed E-state index contributed by atoms with van der Waals surface area (Å²) in [6.07, 6.45) is 1.12. The molecule has 1 heterocycles. The minimum absolute atomic E-state index is 0.264. The predicted molar refractivity (Wildman–Crippen MR) is 47.7 cm³/mol. The summed E-state index contributed by atoms with van der Waals surface area (Å²) in [6, 6.07) is 0. The molecule has 0 amide bonds. The number of rotatable bonds is 3. The minimum Gasteiger partial charge on any atom is -0.772 e. The summed E-state index contributed by atoms with van der Waals surface area (Å²) in [6.45, 7) is 4.70. The quantitative estimate of drug-likeness (QED) is 0.591. The molecule has 5 heteroatoms. The predicted octanol–water partition coefficient (Wildman–Crippen LogP) is -0.839. The molecule has 0 saturated carbocycles. The summed E-state index contributed by atoms with van der Waals surface area (Å²) in [5.74, 6) is 0.264. The second-order valence-electron chi connectivity index (χ2n) is 2.95. The number of nitrogens with zero attached hydrogens (tertiary/aromatic N) is 1. The van der Waals surface area contributed by atoms with E-state index in [4.69, 9.17) is 0 Å². The van der Waals surface area contributed by atoms with E-state index in [1.54, 1.807) is 0 Å². The van der Waals surface area contributed by atoms with Crippen LogP contribution in [0.25, 0.3) is 0 Å². The van der Waals surface area contributed by atoms with Crippen LogP contribution in [0, 0.1) is 0 Å². The normalized spacial score (nSPS) is 23.4. The zero-order valence-corrected chi connectivity index (χ0v) is 7.94. The van der Waals surface area contributed by atoms with Crippen LogP contribution in [-0.4, -0.2) is 52.1 Å². The van der Waals surface area contributed by atoms with Gasteiger partial charge in [-0.1, -0.05) is 11.1 Å². The lowest BCUT2D eigenvalue weighted by atomic mass is 10.4. The van der Waals surface area contributed by atoms with Crippen molar-refractivity contribution in [2.75, 3.05) is 38.5 Å². The van der Waals surface area contributed by atoms with Gasteiger partial charge in [-0.2, -0.15) is 0 Å². The molecule has 1 fully saturated rings. The molecule has 0 spiro atoms. The average Bonchev–Trinajstić information content (AvgIpc) is 2.28. The first-order valence-corrected chi connectivity index (χ1v) is 5.52. The van der Waals surface area contributed by atoms with Crippen LogP contribution in [0.4, 0.5) is 0 Å². The summed E-state index contributed by atoms with van der Waals surface area (Å²) in [5, 5.41) is 3.27. The van der Waals surface area contributed by atoms with Gasteiger partial charge in [0.1, 0.15) is 0 Å². The van der Waals surface area contributed by atoms with E-state index in [1.807, 2.05) is 0 Å². The third kappa shape index (κ3) is 4.15. The van der Waals surface area contributed by atoms with E-state index in [2.05, 4.69) is 10.2 Å². The molecule has 1 rings (SSSR count). The lowest BCUT2D eigenvalue weighted by molar-refractivity contribution is 0.308. The molecular weight excluding hydrogens is 176 g/mol. The minimum atomic E-state index is -1.88. The zero-order chi connectivity index (χ0) is 8.81. The maximum Gasteiger partial charge on any atom is 0.0229 e. The molecular formula is C7H15N2O2S-. The Morgan fingerprint density at radius 1 is 1.42 bits per heavy atom. The van der Waals surface area contributed by atoms with Gasteiger partial charge in [-0.05, 0) is 19.5 Å². The molecule has 72 valence electrons. The molecule has 0 bridgehead atoms. The van der Waals surface area contributed by atoms with Crippen LogP contribution >= 0.6 is 0 Å². The highest BCUT2D eigenvalue weighted by Crippen LogP contribution is 1.94. The van der Waals surface area contributed by atoms with Crippen molar-refractivity contribution in [2.24, 2.45) is 0 Å². The van der Waals surface area contributed by atoms with Gasteiger partial charge < -0.3 is 14.8 Å². The van der Waals surface area contributed by atoms with Gasteiger partial charge in [0.25, 0.3) is 0 Å².